The van der Waals surface area contributed by atoms with Crippen LogP contribution in [0.4, 0.5) is 0 Å². The van der Waals surface area contributed by atoms with Gasteiger partial charge in [-0.1, -0.05) is 49.2 Å². The molecule has 0 amide bonds. The van der Waals surface area contributed by atoms with Crippen molar-refractivity contribution in [2.75, 3.05) is 13.6 Å². The van der Waals surface area contributed by atoms with E-state index < -0.39 is 0 Å². The van der Waals surface area contributed by atoms with Gasteiger partial charge in [-0.25, -0.2) is 0 Å². The third-order valence-electron chi connectivity index (χ3n) is 7.33. The molecule has 0 aromatic heterocycles. The molecule has 2 bridgehead atoms. The third kappa shape index (κ3) is 2.58. The van der Waals surface area contributed by atoms with E-state index in [4.69, 9.17) is 4.74 Å². The molecule has 3 aliphatic rings. The van der Waals surface area contributed by atoms with Crippen molar-refractivity contribution >= 4 is 0 Å². The number of rotatable bonds is 3. The van der Waals surface area contributed by atoms with E-state index in [1.54, 1.807) is 11.1 Å². The number of likely N-dealkylation sites (N-methyl/N-ethyl adjacent to an activating group) is 1. The van der Waals surface area contributed by atoms with E-state index in [1.165, 1.54) is 50.6 Å². The Labute approximate surface area is 157 Å². The number of nitrogens with zero attached hydrogens (tertiary/aromatic N) is 1. The van der Waals surface area contributed by atoms with Crippen LogP contribution in [0.15, 0.2) is 48.5 Å². The summed E-state index contributed by atoms with van der Waals surface area (Å²) in [5, 5.41) is 0. The molecule has 3 atom stereocenters. The van der Waals surface area contributed by atoms with Crippen LogP contribution < -0.4 is 4.74 Å². The number of likely N-dealkylation sites (tertiary alicyclic amines) is 1. The molecule has 2 fully saturated rings. The van der Waals surface area contributed by atoms with E-state index >= 15 is 0 Å². The first kappa shape index (κ1) is 16.4. The molecule has 2 heteroatoms. The summed E-state index contributed by atoms with van der Waals surface area (Å²) in [4.78, 5) is 2.64. The summed E-state index contributed by atoms with van der Waals surface area (Å²) in [5.74, 6) is 1.88. The monoisotopic (exact) mass is 347 g/mol. The summed E-state index contributed by atoms with van der Waals surface area (Å²) >= 11 is 0. The summed E-state index contributed by atoms with van der Waals surface area (Å²) < 4.78 is 6.18. The quantitative estimate of drug-likeness (QED) is 0.778. The summed E-state index contributed by atoms with van der Waals surface area (Å²) in [5.41, 5.74) is 4.84. The normalized spacial score (nSPS) is 30.3. The Balaban J connectivity index is 1.47. The summed E-state index contributed by atoms with van der Waals surface area (Å²) in [6, 6.07) is 18.2. The van der Waals surface area contributed by atoms with E-state index in [0.29, 0.717) is 12.0 Å². The van der Waals surface area contributed by atoms with Crippen molar-refractivity contribution in [1.82, 2.24) is 4.90 Å². The third-order valence-corrected chi connectivity index (χ3v) is 7.33. The van der Waals surface area contributed by atoms with E-state index in [9.17, 15) is 0 Å². The highest BCUT2D eigenvalue weighted by Crippen LogP contribution is 2.55. The number of fused-ring (bicyclic) bond motifs is 1. The maximum atomic E-state index is 6.18. The van der Waals surface area contributed by atoms with Crippen LogP contribution in [0, 0.1) is 5.92 Å². The smallest absolute Gasteiger partial charge is 0.120 e. The van der Waals surface area contributed by atoms with Crippen LogP contribution in [0.25, 0.3) is 0 Å². The molecule has 0 spiro atoms. The molecular formula is C24H29NO. The zero-order chi connectivity index (χ0) is 17.6. The molecular weight excluding hydrogens is 318 g/mol. The lowest BCUT2D eigenvalue weighted by Gasteiger charge is -2.58. The van der Waals surface area contributed by atoms with Gasteiger partial charge >= 0.3 is 0 Å². The minimum absolute atomic E-state index is 0.412. The van der Waals surface area contributed by atoms with Crippen LogP contribution in [0.1, 0.15) is 48.8 Å². The molecule has 2 nitrogen and oxygen atoms in total. The second-order valence-corrected chi connectivity index (χ2v) is 8.60. The van der Waals surface area contributed by atoms with Gasteiger partial charge in [0.2, 0.25) is 0 Å². The molecule has 3 unspecified atom stereocenters. The Morgan fingerprint density at radius 1 is 1.08 bits per heavy atom. The summed E-state index contributed by atoms with van der Waals surface area (Å²) in [7, 11) is 2.34. The maximum absolute atomic E-state index is 6.18. The van der Waals surface area contributed by atoms with Gasteiger partial charge in [-0.15, -0.1) is 0 Å². The van der Waals surface area contributed by atoms with Gasteiger partial charge in [0, 0.05) is 11.5 Å². The van der Waals surface area contributed by atoms with Gasteiger partial charge in [-0.05, 0) is 74.0 Å². The number of piperidine rings is 1. The van der Waals surface area contributed by atoms with Crippen LogP contribution in [0.2, 0.25) is 0 Å². The molecule has 136 valence electrons. The number of ether oxygens (including phenoxy) is 1. The Hall–Kier alpha value is -1.80. The molecule has 1 saturated heterocycles. The van der Waals surface area contributed by atoms with Gasteiger partial charge in [0.05, 0.1) is 0 Å². The van der Waals surface area contributed by atoms with Crippen LogP contribution in [0.5, 0.6) is 5.75 Å². The minimum Gasteiger partial charge on any atom is -0.489 e. The molecule has 1 aliphatic heterocycles. The largest absolute Gasteiger partial charge is 0.489 e. The van der Waals surface area contributed by atoms with Crippen LogP contribution >= 0.6 is 0 Å². The average Bonchev–Trinajstić information content (AvgIpc) is 2.70. The lowest BCUT2D eigenvalue weighted by molar-refractivity contribution is 0.00270. The van der Waals surface area contributed by atoms with Gasteiger partial charge in [-0.3, -0.25) is 0 Å². The molecule has 5 rings (SSSR count). The fourth-order valence-corrected chi connectivity index (χ4v) is 6.01. The molecule has 0 N–H and O–H groups in total. The molecule has 1 heterocycles. The fraction of sp³-hybridized carbons (Fsp3) is 0.500. The van der Waals surface area contributed by atoms with Gasteiger partial charge in [-0.2, -0.15) is 0 Å². The van der Waals surface area contributed by atoms with Crippen molar-refractivity contribution in [3.05, 3.63) is 65.2 Å². The fourth-order valence-electron chi connectivity index (χ4n) is 6.01. The van der Waals surface area contributed by atoms with E-state index in [2.05, 4.69) is 60.5 Å². The average molecular weight is 348 g/mol. The maximum Gasteiger partial charge on any atom is 0.120 e. The van der Waals surface area contributed by atoms with Crippen molar-refractivity contribution in [3.63, 3.8) is 0 Å². The molecule has 0 radical (unpaired) electrons. The van der Waals surface area contributed by atoms with Gasteiger partial charge in [0.15, 0.2) is 0 Å². The number of hydrogen-bond acceptors (Lipinski definition) is 2. The topological polar surface area (TPSA) is 12.5 Å². The second-order valence-electron chi connectivity index (χ2n) is 8.60. The van der Waals surface area contributed by atoms with Gasteiger partial charge in [0.25, 0.3) is 0 Å². The van der Waals surface area contributed by atoms with E-state index in [0.717, 1.165) is 17.7 Å². The van der Waals surface area contributed by atoms with Crippen molar-refractivity contribution in [2.45, 2.75) is 56.6 Å². The molecule has 2 aromatic carbocycles. The number of benzene rings is 2. The minimum atomic E-state index is 0.412. The van der Waals surface area contributed by atoms with Gasteiger partial charge < -0.3 is 9.64 Å². The predicted molar refractivity (Wildman–Crippen MR) is 106 cm³/mol. The summed E-state index contributed by atoms with van der Waals surface area (Å²) in [6.45, 7) is 1.90. The van der Waals surface area contributed by atoms with Crippen molar-refractivity contribution in [3.8, 4) is 5.75 Å². The SMILES string of the molecule is CN1CCC23CCCCC2C1Cc1ccc(OCc2ccccc2)cc13. The zero-order valence-corrected chi connectivity index (χ0v) is 15.8. The van der Waals surface area contributed by atoms with E-state index in [1.807, 2.05) is 0 Å². The molecule has 2 aromatic rings. The van der Waals surface area contributed by atoms with Crippen molar-refractivity contribution in [1.29, 1.82) is 0 Å². The zero-order valence-electron chi connectivity index (χ0n) is 15.8. The molecule has 1 saturated carbocycles. The highest BCUT2D eigenvalue weighted by Gasteiger charge is 2.53. The number of hydrogen-bond donors (Lipinski definition) is 0. The highest BCUT2D eigenvalue weighted by atomic mass is 16.5. The van der Waals surface area contributed by atoms with Gasteiger partial charge in [0.1, 0.15) is 12.4 Å². The first-order chi connectivity index (χ1) is 12.8. The van der Waals surface area contributed by atoms with Crippen LogP contribution in [-0.4, -0.2) is 24.5 Å². The molecule has 2 aliphatic carbocycles. The second kappa shape index (κ2) is 6.42. The Morgan fingerprint density at radius 3 is 2.85 bits per heavy atom. The highest BCUT2D eigenvalue weighted by molar-refractivity contribution is 5.45. The van der Waals surface area contributed by atoms with Crippen molar-refractivity contribution < 1.29 is 4.74 Å². The Morgan fingerprint density at radius 2 is 1.96 bits per heavy atom. The predicted octanol–water partition coefficient (Wildman–Crippen LogP) is 4.95. The van der Waals surface area contributed by atoms with E-state index in [-0.39, 0.29) is 0 Å². The lowest BCUT2D eigenvalue weighted by Crippen LogP contribution is -2.59. The van der Waals surface area contributed by atoms with Crippen LogP contribution in [0.3, 0.4) is 0 Å². The molecule has 26 heavy (non-hydrogen) atoms. The summed E-state index contributed by atoms with van der Waals surface area (Å²) in [6.07, 6.45) is 8.12. The first-order valence-corrected chi connectivity index (χ1v) is 10.3. The Kier molecular flexibility index (Phi) is 4.04. The van der Waals surface area contributed by atoms with Crippen LogP contribution in [-0.2, 0) is 18.4 Å². The Bertz CT molecular complexity index is 786. The van der Waals surface area contributed by atoms with Crippen molar-refractivity contribution in [2.24, 2.45) is 5.92 Å². The first-order valence-electron chi connectivity index (χ1n) is 10.3. The standard InChI is InChI=1S/C24H29NO/c1-25-14-13-24-12-6-5-9-21(24)23(25)15-19-10-11-20(16-22(19)24)26-17-18-7-3-2-4-8-18/h2-4,7-8,10-11,16,21,23H,5-6,9,12-15,17H2,1H3. The lowest BCUT2D eigenvalue weighted by atomic mass is 9.52.